The molecule has 0 bridgehead atoms. The number of anilines is 1. The van der Waals surface area contributed by atoms with E-state index >= 15 is 0 Å². The van der Waals surface area contributed by atoms with Gasteiger partial charge in [0.1, 0.15) is 0 Å². The van der Waals surface area contributed by atoms with Crippen molar-refractivity contribution in [1.82, 2.24) is 14.0 Å². The molecule has 0 radical (unpaired) electrons. The molecule has 92 valence electrons. The molecule has 3 rings (SSSR count). The highest BCUT2D eigenvalue weighted by atomic mass is 32.1. The van der Waals surface area contributed by atoms with Crippen LogP contribution in [0.15, 0.2) is 34.8 Å². The summed E-state index contributed by atoms with van der Waals surface area (Å²) in [5, 5.41) is 1.97. The summed E-state index contributed by atoms with van der Waals surface area (Å²) >= 11 is 1.57. The Morgan fingerprint density at radius 1 is 1.44 bits per heavy atom. The molecular weight excluding hydrogens is 248 g/mol. The lowest BCUT2D eigenvalue weighted by Gasteiger charge is -2.06. The van der Waals surface area contributed by atoms with Gasteiger partial charge in [-0.2, -0.15) is 0 Å². The van der Waals surface area contributed by atoms with Gasteiger partial charge in [-0.1, -0.05) is 0 Å². The molecule has 0 fully saturated rings. The van der Waals surface area contributed by atoms with Crippen molar-refractivity contribution in [2.75, 3.05) is 5.73 Å². The molecular formula is C12H12N4OS. The number of rotatable bonds is 2. The van der Waals surface area contributed by atoms with E-state index in [2.05, 4.69) is 4.98 Å². The van der Waals surface area contributed by atoms with Gasteiger partial charge in [-0.05, 0) is 12.5 Å². The monoisotopic (exact) mass is 260 g/mol. The van der Waals surface area contributed by atoms with E-state index in [-0.39, 0.29) is 5.56 Å². The van der Waals surface area contributed by atoms with Gasteiger partial charge < -0.3 is 10.3 Å². The molecule has 0 aliphatic heterocycles. The molecule has 6 heteroatoms. The van der Waals surface area contributed by atoms with Crippen molar-refractivity contribution in [3.8, 4) is 0 Å². The van der Waals surface area contributed by atoms with Gasteiger partial charge in [0.15, 0.2) is 4.96 Å². The van der Waals surface area contributed by atoms with E-state index in [4.69, 9.17) is 5.73 Å². The average Bonchev–Trinajstić information content (AvgIpc) is 2.86. The Morgan fingerprint density at radius 2 is 2.28 bits per heavy atom. The molecule has 0 saturated heterocycles. The molecule has 3 heterocycles. The lowest BCUT2D eigenvalue weighted by molar-refractivity contribution is 0.744. The van der Waals surface area contributed by atoms with Crippen molar-refractivity contribution in [3.63, 3.8) is 0 Å². The lowest BCUT2D eigenvalue weighted by Crippen LogP contribution is -2.20. The predicted molar refractivity (Wildman–Crippen MR) is 72.0 cm³/mol. The van der Waals surface area contributed by atoms with Crippen LogP contribution in [0.1, 0.15) is 11.3 Å². The topological polar surface area (TPSA) is 65.3 Å². The van der Waals surface area contributed by atoms with Crippen LogP contribution in [-0.2, 0) is 6.54 Å². The fourth-order valence-corrected chi connectivity index (χ4v) is 2.55. The number of aromatic nitrogens is 3. The zero-order valence-corrected chi connectivity index (χ0v) is 10.6. The number of nitrogens with zero attached hydrogens (tertiary/aromatic N) is 3. The molecule has 0 amide bonds. The molecule has 0 aliphatic carbocycles. The Balaban J connectivity index is 1.99. The van der Waals surface area contributed by atoms with Gasteiger partial charge in [-0.25, -0.2) is 4.98 Å². The summed E-state index contributed by atoms with van der Waals surface area (Å²) in [7, 11) is 0. The molecule has 18 heavy (non-hydrogen) atoms. The second-order valence-corrected chi connectivity index (χ2v) is 5.08. The molecule has 3 aromatic heterocycles. The zero-order valence-electron chi connectivity index (χ0n) is 9.83. The standard InChI is InChI=1S/C12H12N4OS/c1-8-4-11(17)16(7-10(8)13)6-9-5-15-2-3-18-12(15)14-9/h2-5,7H,6,13H2,1H3. The lowest BCUT2D eigenvalue weighted by atomic mass is 10.2. The molecule has 2 N–H and O–H groups in total. The van der Waals surface area contributed by atoms with Gasteiger partial charge in [0.05, 0.1) is 17.9 Å². The molecule has 0 atom stereocenters. The summed E-state index contributed by atoms with van der Waals surface area (Å²) in [5.41, 5.74) is 8.04. The molecule has 0 aliphatic rings. The van der Waals surface area contributed by atoms with Gasteiger partial charge in [-0.3, -0.25) is 9.20 Å². The van der Waals surface area contributed by atoms with E-state index in [9.17, 15) is 4.79 Å². The minimum Gasteiger partial charge on any atom is -0.397 e. The number of pyridine rings is 1. The molecule has 5 nitrogen and oxygen atoms in total. The third-order valence-corrected chi connectivity index (χ3v) is 3.62. The number of hydrogen-bond acceptors (Lipinski definition) is 4. The highest BCUT2D eigenvalue weighted by Crippen LogP contribution is 2.12. The largest absolute Gasteiger partial charge is 0.397 e. The smallest absolute Gasteiger partial charge is 0.251 e. The Kier molecular flexibility index (Phi) is 2.45. The quantitative estimate of drug-likeness (QED) is 0.759. The van der Waals surface area contributed by atoms with Crippen LogP contribution in [-0.4, -0.2) is 14.0 Å². The van der Waals surface area contributed by atoms with Crippen molar-refractivity contribution in [2.24, 2.45) is 0 Å². The van der Waals surface area contributed by atoms with Crippen LogP contribution in [0.25, 0.3) is 4.96 Å². The maximum absolute atomic E-state index is 11.8. The first-order chi connectivity index (χ1) is 8.63. The van der Waals surface area contributed by atoms with Crippen LogP contribution >= 0.6 is 11.3 Å². The van der Waals surface area contributed by atoms with E-state index in [1.54, 1.807) is 28.2 Å². The molecule has 3 aromatic rings. The SMILES string of the molecule is Cc1cc(=O)n(Cc2cn3ccsc3n2)cc1N. The van der Waals surface area contributed by atoms with E-state index in [0.29, 0.717) is 12.2 Å². The number of thiazole rings is 1. The van der Waals surface area contributed by atoms with Crippen LogP contribution in [0.2, 0.25) is 0 Å². The Labute approximate surface area is 107 Å². The van der Waals surface area contributed by atoms with E-state index in [1.165, 1.54) is 0 Å². The Morgan fingerprint density at radius 3 is 3.06 bits per heavy atom. The average molecular weight is 260 g/mol. The molecule has 0 saturated carbocycles. The zero-order chi connectivity index (χ0) is 12.7. The summed E-state index contributed by atoms with van der Waals surface area (Å²) < 4.78 is 3.53. The maximum Gasteiger partial charge on any atom is 0.251 e. The number of nitrogen functional groups attached to an aromatic ring is 1. The maximum atomic E-state index is 11.8. The van der Waals surface area contributed by atoms with Gasteiger partial charge >= 0.3 is 0 Å². The van der Waals surface area contributed by atoms with Gasteiger partial charge in [0, 0.05) is 30.0 Å². The molecule has 0 spiro atoms. The molecule has 0 unspecified atom stereocenters. The third-order valence-electron chi connectivity index (χ3n) is 2.85. The second kappa shape index (κ2) is 3.99. The van der Waals surface area contributed by atoms with Crippen molar-refractivity contribution in [2.45, 2.75) is 13.5 Å². The van der Waals surface area contributed by atoms with Gasteiger partial charge in [0.2, 0.25) is 0 Å². The van der Waals surface area contributed by atoms with Crippen LogP contribution in [0.3, 0.4) is 0 Å². The fourth-order valence-electron chi connectivity index (χ4n) is 1.84. The van der Waals surface area contributed by atoms with Gasteiger partial charge in [-0.15, -0.1) is 11.3 Å². The first-order valence-electron chi connectivity index (χ1n) is 5.51. The molecule has 0 aromatic carbocycles. The van der Waals surface area contributed by atoms with Crippen LogP contribution in [0.4, 0.5) is 5.69 Å². The highest BCUT2D eigenvalue weighted by Gasteiger charge is 2.06. The van der Waals surface area contributed by atoms with Crippen LogP contribution in [0.5, 0.6) is 0 Å². The van der Waals surface area contributed by atoms with E-state index in [1.807, 2.05) is 29.1 Å². The number of nitrogens with two attached hydrogens (primary N) is 1. The van der Waals surface area contributed by atoms with Crippen LogP contribution in [0, 0.1) is 6.92 Å². The Bertz CT molecular complexity index is 739. The number of aryl methyl sites for hydroxylation is 1. The van der Waals surface area contributed by atoms with Crippen molar-refractivity contribution >= 4 is 22.0 Å². The van der Waals surface area contributed by atoms with Gasteiger partial charge in [0.25, 0.3) is 5.56 Å². The second-order valence-electron chi connectivity index (χ2n) is 4.20. The predicted octanol–water partition coefficient (Wildman–Crippen LogP) is 1.50. The first-order valence-corrected chi connectivity index (χ1v) is 6.39. The summed E-state index contributed by atoms with van der Waals surface area (Å²) in [5.74, 6) is 0. The normalized spacial score (nSPS) is 11.2. The van der Waals surface area contributed by atoms with Crippen molar-refractivity contribution < 1.29 is 0 Å². The van der Waals surface area contributed by atoms with E-state index in [0.717, 1.165) is 16.2 Å². The fraction of sp³-hybridized carbons (Fsp3) is 0.167. The number of imidazole rings is 1. The minimum atomic E-state index is -0.0574. The number of fused-ring (bicyclic) bond motifs is 1. The third kappa shape index (κ3) is 1.80. The Hall–Kier alpha value is -2.08. The minimum absolute atomic E-state index is 0.0574. The summed E-state index contributed by atoms with van der Waals surface area (Å²) in [6, 6.07) is 1.55. The summed E-state index contributed by atoms with van der Waals surface area (Å²) in [4.78, 5) is 17.2. The highest BCUT2D eigenvalue weighted by molar-refractivity contribution is 7.15. The number of hydrogen-bond donors (Lipinski definition) is 1. The summed E-state index contributed by atoms with van der Waals surface area (Å²) in [6.45, 7) is 2.27. The van der Waals surface area contributed by atoms with Crippen molar-refractivity contribution in [1.29, 1.82) is 0 Å². The summed E-state index contributed by atoms with van der Waals surface area (Å²) in [6.07, 6.45) is 5.54. The first kappa shape index (κ1) is 11.0. The van der Waals surface area contributed by atoms with Crippen molar-refractivity contribution in [3.05, 3.63) is 51.6 Å². The van der Waals surface area contributed by atoms with Crippen LogP contribution < -0.4 is 11.3 Å². The van der Waals surface area contributed by atoms with E-state index < -0.39 is 0 Å².